The monoisotopic (exact) mass is 224 g/mol. The molecule has 0 aliphatic carbocycles. The number of nitrogens with zero attached hydrogens (tertiary/aromatic N) is 2. The maximum Gasteiger partial charge on any atom is 0.291 e. The summed E-state index contributed by atoms with van der Waals surface area (Å²) in [6.07, 6.45) is 1.45. The third kappa shape index (κ3) is 2.44. The van der Waals surface area contributed by atoms with Gasteiger partial charge in [0.1, 0.15) is 0 Å². The Labute approximate surface area is 91.8 Å². The van der Waals surface area contributed by atoms with E-state index in [4.69, 9.17) is 0 Å². The number of amides is 2. The van der Waals surface area contributed by atoms with Crippen molar-refractivity contribution in [3.8, 4) is 0 Å². The van der Waals surface area contributed by atoms with Gasteiger partial charge in [-0.15, -0.1) is 0 Å². The molecule has 0 radical (unpaired) electrons. The fraction of sp³-hybridized carbons (Fsp3) is 0.333. The molecular formula is C9H12N4O3. The molecule has 0 bridgehead atoms. The third-order valence-electron chi connectivity index (χ3n) is 1.84. The number of hydrogen-bond donors (Lipinski definition) is 2. The fourth-order valence-electron chi connectivity index (χ4n) is 1.08. The van der Waals surface area contributed by atoms with Crippen LogP contribution in [0.5, 0.6) is 0 Å². The molecule has 0 atom stereocenters. The molecule has 1 aromatic rings. The van der Waals surface area contributed by atoms with Gasteiger partial charge in [-0.3, -0.25) is 19.1 Å². The predicted octanol–water partition coefficient (Wildman–Crippen LogP) is -0.693. The average Bonchev–Trinajstić information content (AvgIpc) is 2.58. The molecule has 0 fully saturated rings. The van der Waals surface area contributed by atoms with Gasteiger partial charge in [0.15, 0.2) is 5.69 Å². The molecule has 0 spiro atoms. The lowest BCUT2D eigenvalue weighted by atomic mass is 10.3. The second-order valence-electron chi connectivity index (χ2n) is 3.15. The minimum Gasteiger partial charge on any atom is -0.354 e. The standard InChI is InChI=1S/C9H12N4O3/c1-5(14)8(15)11-6-4-13(3)12-7(6)9(16)10-2/h4H,1-3H3,(H,10,16)(H,11,15). The third-order valence-corrected chi connectivity index (χ3v) is 1.84. The van der Waals surface area contributed by atoms with Crippen molar-refractivity contribution in [3.63, 3.8) is 0 Å². The van der Waals surface area contributed by atoms with E-state index in [0.29, 0.717) is 0 Å². The van der Waals surface area contributed by atoms with E-state index in [1.165, 1.54) is 17.9 Å². The Bertz CT molecular complexity index is 450. The number of hydrogen-bond acceptors (Lipinski definition) is 4. The highest BCUT2D eigenvalue weighted by atomic mass is 16.2. The summed E-state index contributed by atoms with van der Waals surface area (Å²) >= 11 is 0. The molecule has 1 rings (SSSR count). The van der Waals surface area contributed by atoms with Gasteiger partial charge in [-0.25, -0.2) is 0 Å². The van der Waals surface area contributed by atoms with E-state index < -0.39 is 17.6 Å². The van der Waals surface area contributed by atoms with Gasteiger partial charge in [0.05, 0.1) is 5.69 Å². The highest BCUT2D eigenvalue weighted by molar-refractivity contribution is 6.40. The van der Waals surface area contributed by atoms with E-state index in [9.17, 15) is 14.4 Å². The number of aryl methyl sites for hydroxylation is 1. The van der Waals surface area contributed by atoms with E-state index in [0.717, 1.165) is 6.92 Å². The van der Waals surface area contributed by atoms with Crippen molar-refractivity contribution in [3.05, 3.63) is 11.9 Å². The maximum absolute atomic E-state index is 11.4. The maximum atomic E-state index is 11.4. The summed E-state index contributed by atoms with van der Waals surface area (Å²) in [5, 5.41) is 8.57. The average molecular weight is 224 g/mol. The van der Waals surface area contributed by atoms with Crippen molar-refractivity contribution >= 4 is 23.3 Å². The lowest BCUT2D eigenvalue weighted by molar-refractivity contribution is -0.133. The van der Waals surface area contributed by atoms with Gasteiger partial charge in [0, 0.05) is 27.2 Å². The molecule has 1 heterocycles. The Hall–Kier alpha value is -2.18. The fourth-order valence-corrected chi connectivity index (χ4v) is 1.08. The number of nitrogens with one attached hydrogen (secondary N) is 2. The number of carbonyl (C=O) groups is 3. The molecule has 0 unspecified atom stereocenters. The molecule has 86 valence electrons. The van der Waals surface area contributed by atoms with E-state index in [-0.39, 0.29) is 11.4 Å². The van der Waals surface area contributed by atoms with Gasteiger partial charge in [0.2, 0.25) is 5.78 Å². The van der Waals surface area contributed by atoms with Crippen LogP contribution in [0.25, 0.3) is 0 Å². The summed E-state index contributed by atoms with van der Waals surface area (Å²) in [7, 11) is 3.06. The second kappa shape index (κ2) is 4.56. The lowest BCUT2D eigenvalue weighted by Crippen LogP contribution is -2.24. The van der Waals surface area contributed by atoms with Crippen LogP contribution in [0.15, 0.2) is 6.20 Å². The van der Waals surface area contributed by atoms with Crippen LogP contribution in [-0.4, -0.2) is 34.4 Å². The number of carbonyl (C=O) groups excluding carboxylic acids is 3. The molecule has 0 saturated carbocycles. The first-order chi connectivity index (χ1) is 7.45. The first kappa shape index (κ1) is 11.9. The molecule has 7 heteroatoms. The molecule has 7 nitrogen and oxygen atoms in total. The molecule has 16 heavy (non-hydrogen) atoms. The van der Waals surface area contributed by atoms with Gasteiger partial charge in [-0.1, -0.05) is 0 Å². The molecule has 0 aromatic carbocycles. The minimum atomic E-state index is -0.779. The van der Waals surface area contributed by atoms with Gasteiger partial charge >= 0.3 is 0 Å². The number of anilines is 1. The molecule has 1 aromatic heterocycles. The zero-order valence-electron chi connectivity index (χ0n) is 9.20. The predicted molar refractivity (Wildman–Crippen MR) is 55.9 cm³/mol. The summed E-state index contributed by atoms with van der Waals surface area (Å²) in [4.78, 5) is 33.3. The zero-order valence-corrected chi connectivity index (χ0v) is 9.20. The van der Waals surface area contributed by atoms with Crippen LogP contribution in [0.4, 0.5) is 5.69 Å². The molecule has 2 N–H and O–H groups in total. The normalized spacial score (nSPS) is 9.69. The van der Waals surface area contributed by atoms with Crippen molar-refractivity contribution in [1.82, 2.24) is 15.1 Å². The topological polar surface area (TPSA) is 93.1 Å². The van der Waals surface area contributed by atoms with Gasteiger partial charge in [0.25, 0.3) is 11.8 Å². The minimum absolute atomic E-state index is 0.0691. The molecule has 0 aliphatic rings. The van der Waals surface area contributed by atoms with Crippen LogP contribution < -0.4 is 10.6 Å². The van der Waals surface area contributed by atoms with Crippen LogP contribution in [0.2, 0.25) is 0 Å². The highest BCUT2D eigenvalue weighted by Crippen LogP contribution is 2.12. The van der Waals surface area contributed by atoms with Crippen molar-refractivity contribution in [2.75, 3.05) is 12.4 Å². The smallest absolute Gasteiger partial charge is 0.291 e. The van der Waals surface area contributed by atoms with Gasteiger partial charge in [-0.2, -0.15) is 5.10 Å². The van der Waals surface area contributed by atoms with Crippen molar-refractivity contribution < 1.29 is 14.4 Å². The number of rotatable bonds is 3. The summed E-state index contributed by atoms with van der Waals surface area (Å²) in [5.74, 6) is -1.84. The largest absolute Gasteiger partial charge is 0.354 e. The summed E-state index contributed by atoms with van der Waals surface area (Å²) < 4.78 is 1.38. The zero-order chi connectivity index (χ0) is 12.3. The van der Waals surface area contributed by atoms with Crippen LogP contribution >= 0.6 is 0 Å². The molecular weight excluding hydrogens is 212 g/mol. The van der Waals surface area contributed by atoms with Crippen molar-refractivity contribution in [2.45, 2.75) is 6.92 Å². The number of aromatic nitrogens is 2. The number of ketones is 1. The molecule has 0 saturated heterocycles. The Morgan fingerprint density at radius 1 is 1.38 bits per heavy atom. The SMILES string of the molecule is CNC(=O)c1nn(C)cc1NC(=O)C(C)=O. The quantitative estimate of drug-likeness (QED) is 0.664. The van der Waals surface area contributed by atoms with Crippen LogP contribution in [0.1, 0.15) is 17.4 Å². The Kier molecular flexibility index (Phi) is 3.39. The van der Waals surface area contributed by atoms with Crippen LogP contribution in [-0.2, 0) is 16.6 Å². The summed E-state index contributed by atoms with van der Waals surface area (Å²) in [6.45, 7) is 1.14. The van der Waals surface area contributed by atoms with Crippen molar-refractivity contribution in [2.24, 2.45) is 7.05 Å². The van der Waals surface area contributed by atoms with Crippen LogP contribution in [0, 0.1) is 0 Å². The molecule has 2 amide bonds. The highest BCUT2D eigenvalue weighted by Gasteiger charge is 2.18. The van der Waals surface area contributed by atoms with Crippen LogP contribution in [0.3, 0.4) is 0 Å². The van der Waals surface area contributed by atoms with Gasteiger partial charge < -0.3 is 10.6 Å². The summed E-state index contributed by atoms with van der Waals surface area (Å²) in [5.41, 5.74) is 0.279. The number of Topliss-reactive ketones (excluding diaryl/α,β-unsaturated/α-hetero) is 1. The Balaban J connectivity index is 2.99. The second-order valence-corrected chi connectivity index (χ2v) is 3.15. The van der Waals surface area contributed by atoms with Gasteiger partial charge in [-0.05, 0) is 0 Å². The van der Waals surface area contributed by atoms with E-state index in [2.05, 4.69) is 15.7 Å². The molecule has 0 aliphatic heterocycles. The van der Waals surface area contributed by atoms with E-state index in [1.54, 1.807) is 7.05 Å². The first-order valence-electron chi connectivity index (χ1n) is 4.53. The summed E-state index contributed by atoms with van der Waals surface area (Å²) in [6, 6.07) is 0. The first-order valence-corrected chi connectivity index (χ1v) is 4.53. The Morgan fingerprint density at radius 2 is 2.00 bits per heavy atom. The van der Waals surface area contributed by atoms with E-state index >= 15 is 0 Å². The van der Waals surface area contributed by atoms with Crippen molar-refractivity contribution in [1.29, 1.82) is 0 Å². The van der Waals surface area contributed by atoms with E-state index in [1.807, 2.05) is 0 Å². The Morgan fingerprint density at radius 3 is 2.50 bits per heavy atom. The lowest BCUT2D eigenvalue weighted by Gasteiger charge is -2.01.